The summed E-state index contributed by atoms with van der Waals surface area (Å²) in [6.07, 6.45) is 2.63. The number of hydrogen-bond donors (Lipinski definition) is 3. The molecule has 0 bridgehead atoms. The Morgan fingerprint density at radius 3 is 2.60 bits per heavy atom. The van der Waals surface area contributed by atoms with Crippen molar-refractivity contribution in [3.05, 3.63) is 23.8 Å². The van der Waals surface area contributed by atoms with E-state index in [-0.39, 0.29) is 17.3 Å². The number of benzene rings is 1. The summed E-state index contributed by atoms with van der Waals surface area (Å²) < 4.78 is 28.6. The Morgan fingerprint density at radius 1 is 1.27 bits per heavy atom. The molecule has 0 aliphatic carbocycles. The van der Waals surface area contributed by atoms with Crippen molar-refractivity contribution in [1.82, 2.24) is 9.62 Å². The highest BCUT2D eigenvalue weighted by Crippen LogP contribution is 2.29. The standard InChI is InChI=1S/C20H30N4O5S/c1-14-17(24-10-3-2-7-19(24)26)5-4-6-18(14)30(28,29)22-16(13-21)20(27)23-11-8-15(25)9-12-23/h4-6,15-16,22,25H,2-3,7-13,21H2,1H3/t16-/m0/s1. The van der Waals surface area contributed by atoms with E-state index < -0.39 is 28.1 Å². The summed E-state index contributed by atoms with van der Waals surface area (Å²) in [5.74, 6) is -0.415. The van der Waals surface area contributed by atoms with Crippen LogP contribution in [0.15, 0.2) is 23.1 Å². The van der Waals surface area contributed by atoms with Crippen molar-refractivity contribution in [1.29, 1.82) is 0 Å². The van der Waals surface area contributed by atoms with Crippen molar-refractivity contribution in [3.63, 3.8) is 0 Å². The fraction of sp³-hybridized carbons (Fsp3) is 0.600. The van der Waals surface area contributed by atoms with E-state index in [2.05, 4.69) is 4.72 Å². The summed E-state index contributed by atoms with van der Waals surface area (Å²) in [4.78, 5) is 28.3. The first-order chi connectivity index (χ1) is 14.2. The van der Waals surface area contributed by atoms with Gasteiger partial charge in [-0.1, -0.05) is 6.07 Å². The number of hydrogen-bond acceptors (Lipinski definition) is 6. The highest BCUT2D eigenvalue weighted by atomic mass is 32.2. The molecule has 2 saturated heterocycles. The number of amides is 2. The summed E-state index contributed by atoms with van der Waals surface area (Å²) in [5.41, 5.74) is 6.75. The van der Waals surface area contributed by atoms with E-state index in [9.17, 15) is 23.1 Å². The molecule has 2 heterocycles. The van der Waals surface area contributed by atoms with Crippen LogP contribution < -0.4 is 15.4 Å². The van der Waals surface area contributed by atoms with Crippen molar-refractivity contribution in [2.75, 3.05) is 31.1 Å². The molecule has 1 aromatic carbocycles. The minimum absolute atomic E-state index is 0.0193. The Morgan fingerprint density at radius 2 is 1.97 bits per heavy atom. The predicted octanol–water partition coefficient (Wildman–Crippen LogP) is 0.101. The van der Waals surface area contributed by atoms with Gasteiger partial charge in [0.25, 0.3) is 0 Å². The molecule has 2 fully saturated rings. The van der Waals surface area contributed by atoms with Gasteiger partial charge in [0, 0.05) is 38.3 Å². The first kappa shape index (κ1) is 22.7. The summed E-state index contributed by atoms with van der Waals surface area (Å²) in [6, 6.07) is 3.71. The van der Waals surface area contributed by atoms with E-state index >= 15 is 0 Å². The number of aliphatic hydroxyl groups is 1. The largest absolute Gasteiger partial charge is 0.393 e. The van der Waals surface area contributed by atoms with Crippen molar-refractivity contribution in [2.45, 2.75) is 56.1 Å². The number of nitrogens with zero attached hydrogens (tertiary/aromatic N) is 2. The first-order valence-electron chi connectivity index (χ1n) is 10.3. The van der Waals surface area contributed by atoms with E-state index in [1.165, 1.54) is 11.0 Å². The minimum Gasteiger partial charge on any atom is -0.393 e. The Hall–Kier alpha value is -2.01. The van der Waals surface area contributed by atoms with Crippen LogP contribution in [0.5, 0.6) is 0 Å². The third-order valence-electron chi connectivity index (χ3n) is 5.77. The molecule has 30 heavy (non-hydrogen) atoms. The van der Waals surface area contributed by atoms with Crippen LogP contribution in [0.25, 0.3) is 0 Å². The molecule has 0 saturated carbocycles. The molecule has 0 aromatic heterocycles. The molecule has 1 aromatic rings. The molecule has 2 aliphatic heterocycles. The SMILES string of the molecule is Cc1c(N2CCCCC2=O)cccc1S(=O)(=O)N[C@@H](CN)C(=O)N1CCC(O)CC1. The minimum atomic E-state index is -4.04. The Kier molecular flexibility index (Phi) is 7.12. The van der Waals surface area contributed by atoms with Gasteiger partial charge < -0.3 is 20.6 Å². The Balaban J connectivity index is 1.81. The maximum Gasteiger partial charge on any atom is 0.242 e. The molecular formula is C20H30N4O5S. The van der Waals surface area contributed by atoms with Crippen molar-refractivity contribution < 1.29 is 23.1 Å². The van der Waals surface area contributed by atoms with Crippen molar-refractivity contribution in [3.8, 4) is 0 Å². The van der Waals surface area contributed by atoms with Crippen LogP contribution in [0.3, 0.4) is 0 Å². The lowest BCUT2D eigenvalue weighted by atomic mass is 10.1. The smallest absolute Gasteiger partial charge is 0.242 e. The number of likely N-dealkylation sites (tertiary alicyclic amines) is 1. The normalized spacial score (nSPS) is 19.8. The maximum absolute atomic E-state index is 13.1. The fourth-order valence-corrected chi connectivity index (χ4v) is 5.47. The van der Waals surface area contributed by atoms with Crippen LogP contribution in [-0.2, 0) is 19.6 Å². The second-order valence-corrected chi connectivity index (χ2v) is 9.55. The number of rotatable bonds is 6. The van der Waals surface area contributed by atoms with Gasteiger partial charge in [0.1, 0.15) is 6.04 Å². The van der Waals surface area contributed by atoms with E-state index in [1.807, 2.05) is 0 Å². The number of nitrogens with one attached hydrogen (secondary N) is 1. The lowest BCUT2D eigenvalue weighted by molar-refractivity contribution is -0.134. The van der Waals surface area contributed by atoms with E-state index in [0.29, 0.717) is 50.1 Å². The zero-order chi connectivity index (χ0) is 21.9. The van der Waals surface area contributed by atoms with E-state index in [1.54, 1.807) is 24.0 Å². The van der Waals surface area contributed by atoms with Crippen LogP contribution in [0.2, 0.25) is 0 Å². The number of carbonyl (C=O) groups excluding carboxylic acids is 2. The van der Waals surface area contributed by atoms with Gasteiger partial charge in [-0.05, 0) is 50.3 Å². The highest BCUT2D eigenvalue weighted by Gasteiger charge is 2.32. The summed E-state index contributed by atoms with van der Waals surface area (Å²) >= 11 is 0. The monoisotopic (exact) mass is 438 g/mol. The van der Waals surface area contributed by atoms with Gasteiger partial charge in [-0.15, -0.1) is 0 Å². The number of anilines is 1. The number of piperidine rings is 2. The van der Waals surface area contributed by atoms with Gasteiger partial charge in [0.15, 0.2) is 0 Å². The second kappa shape index (κ2) is 9.42. The number of carbonyl (C=O) groups is 2. The summed E-state index contributed by atoms with van der Waals surface area (Å²) in [7, 11) is -4.04. The molecule has 0 spiro atoms. The summed E-state index contributed by atoms with van der Waals surface area (Å²) in [5, 5.41) is 9.62. The third kappa shape index (κ3) is 4.83. The number of aliphatic hydroxyl groups excluding tert-OH is 1. The first-order valence-corrected chi connectivity index (χ1v) is 11.8. The van der Waals surface area contributed by atoms with Crippen LogP contribution >= 0.6 is 0 Å². The Bertz CT molecular complexity index is 896. The topological polar surface area (TPSA) is 133 Å². The molecule has 1 atom stereocenters. The molecule has 4 N–H and O–H groups in total. The van der Waals surface area contributed by atoms with Gasteiger partial charge in [-0.25, -0.2) is 8.42 Å². The average molecular weight is 439 g/mol. The molecule has 9 nitrogen and oxygen atoms in total. The van der Waals surface area contributed by atoms with Crippen LogP contribution in [-0.4, -0.2) is 68.6 Å². The zero-order valence-corrected chi connectivity index (χ0v) is 18.0. The molecule has 3 rings (SSSR count). The average Bonchev–Trinajstić information content (AvgIpc) is 2.73. The zero-order valence-electron chi connectivity index (χ0n) is 17.2. The molecule has 2 aliphatic rings. The van der Waals surface area contributed by atoms with Crippen molar-refractivity contribution in [2.24, 2.45) is 5.73 Å². The number of sulfonamides is 1. The van der Waals surface area contributed by atoms with Crippen LogP contribution in [0, 0.1) is 6.92 Å². The molecule has 0 radical (unpaired) electrons. The van der Waals surface area contributed by atoms with Gasteiger partial charge >= 0.3 is 0 Å². The molecule has 166 valence electrons. The molecule has 10 heteroatoms. The lowest BCUT2D eigenvalue weighted by Gasteiger charge is -2.32. The van der Waals surface area contributed by atoms with E-state index in [4.69, 9.17) is 5.73 Å². The quantitative estimate of drug-likeness (QED) is 0.577. The fourth-order valence-electron chi connectivity index (χ4n) is 4.00. The van der Waals surface area contributed by atoms with Gasteiger partial charge in [-0.3, -0.25) is 9.59 Å². The second-order valence-electron chi connectivity index (χ2n) is 7.87. The molecule has 0 unspecified atom stereocenters. The van der Waals surface area contributed by atoms with Gasteiger partial charge in [-0.2, -0.15) is 4.72 Å². The van der Waals surface area contributed by atoms with Crippen LogP contribution in [0.4, 0.5) is 5.69 Å². The van der Waals surface area contributed by atoms with E-state index in [0.717, 1.165) is 12.8 Å². The Labute approximate surface area is 177 Å². The van der Waals surface area contributed by atoms with Crippen molar-refractivity contribution >= 4 is 27.5 Å². The highest BCUT2D eigenvalue weighted by molar-refractivity contribution is 7.89. The number of nitrogens with two attached hydrogens (primary N) is 1. The maximum atomic E-state index is 13.1. The van der Waals surface area contributed by atoms with Crippen LogP contribution in [0.1, 0.15) is 37.7 Å². The molecular weight excluding hydrogens is 408 g/mol. The van der Waals surface area contributed by atoms with Gasteiger partial charge in [0.05, 0.1) is 11.0 Å². The third-order valence-corrected chi connectivity index (χ3v) is 7.38. The lowest BCUT2D eigenvalue weighted by Crippen LogP contribution is -2.54. The summed E-state index contributed by atoms with van der Waals surface area (Å²) in [6.45, 7) is 2.77. The molecule has 2 amide bonds. The van der Waals surface area contributed by atoms with Gasteiger partial charge in [0.2, 0.25) is 21.8 Å². The predicted molar refractivity (Wildman–Crippen MR) is 112 cm³/mol.